The Morgan fingerprint density at radius 1 is 1.24 bits per heavy atom. The summed E-state index contributed by atoms with van der Waals surface area (Å²) < 4.78 is 0. The average molecular weight is 330 g/mol. The molecule has 1 saturated carbocycles. The van der Waals surface area contributed by atoms with Crippen LogP contribution in [0.25, 0.3) is 0 Å². The fourth-order valence-electron chi connectivity index (χ4n) is 2.85. The van der Waals surface area contributed by atoms with Gasteiger partial charge in [-0.2, -0.15) is 0 Å². The molecule has 0 atom stereocenters. The topological polar surface area (TPSA) is 49.3 Å². The SMILES string of the molecule is O=C(O)C1CCC(NCCCc2ccc(Cl)cc2Cl)CC1. The van der Waals surface area contributed by atoms with Gasteiger partial charge in [-0.1, -0.05) is 29.3 Å². The maximum absolute atomic E-state index is 10.9. The molecule has 0 spiro atoms. The van der Waals surface area contributed by atoms with Gasteiger partial charge >= 0.3 is 5.97 Å². The lowest BCUT2D eigenvalue weighted by atomic mass is 9.86. The van der Waals surface area contributed by atoms with Crippen molar-refractivity contribution in [1.82, 2.24) is 5.32 Å². The molecule has 116 valence electrons. The Bertz CT molecular complexity index is 485. The first kappa shape index (κ1) is 16.6. The van der Waals surface area contributed by atoms with Gasteiger partial charge in [0.05, 0.1) is 5.92 Å². The Balaban J connectivity index is 1.65. The monoisotopic (exact) mass is 329 g/mol. The summed E-state index contributed by atoms with van der Waals surface area (Å²) in [4.78, 5) is 10.9. The average Bonchev–Trinajstić information content (AvgIpc) is 2.46. The number of carboxylic acids is 1. The molecule has 1 aliphatic rings. The molecular weight excluding hydrogens is 309 g/mol. The van der Waals surface area contributed by atoms with E-state index in [1.54, 1.807) is 6.07 Å². The molecule has 3 nitrogen and oxygen atoms in total. The molecule has 0 saturated heterocycles. The summed E-state index contributed by atoms with van der Waals surface area (Å²) >= 11 is 12.0. The Morgan fingerprint density at radius 3 is 2.57 bits per heavy atom. The van der Waals surface area contributed by atoms with E-state index < -0.39 is 5.97 Å². The first-order valence-corrected chi connectivity index (χ1v) is 8.22. The molecule has 0 amide bonds. The maximum Gasteiger partial charge on any atom is 0.306 e. The minimum Gasteiger partial charge on any atom is -0.481 e. The molecule has 0 heterocycles. The van der Waals surface area contributed by atoms with Crippen LogP contribution in [0.3, 0.4) is 0 Å². The van der Waals surface area contributed by atoms with Gasteiger partial charge < -0.3 is 10.4 Å². The van der Waals surface area contributed by atoms with Gasteiger partial charge in [-0.3, -0.25) is 4.79 Å². The predicted molar refractivity (Wildman–Crippen MR) is 86.2 cm³/mol. The van der Waals surface area contributed by atoms with Gasteiger partial charge in [0, 0.05) is 16.1 Å². The fourth-order valence-corrected chi connectivity index (χ4v) is 3.36. The Kier molecular flexibility index (Phi) is 6.34. The van der Waals surface area contributed by atoms with Gasteiger partial charge in [0.25, 0.3) is 0 Å². The van der Waals surface area contributed by atoms with Crippen LogP contribution in [-0.2, 0) is 11.2 Å². The molecule has 1 aromatic rings. The number of hydrogen-bond acceptors (Lipinski definition) is 2. The normalized spacial score (nSPS) is 22.2. The minimum atomic E-state index is -0.647. The molecule has 0 unspecified atom stereocenters. The standard InChI is InChI=1S/C16H21Cl2NO2/c17-13-6-3-11(15(18)10-13)2-1-9-19-14-7-4-12(5-8-14)16(20)21/h3,6,10,12,14,19H,1-2,4-5,7-9H2,(H,20,21). The number of hydrogen-bond donors (Lipinski definition) is 2. The molecule has 2 rings (SSSR count). The third-order valence-electron chi connectivity index (χ3n) is 4.15. The van der Waals surface area contributed by atoms with Crippen molar-refractivity contribution in [3.05, 3.63) is 33.8 Å². The predicted octanol–water partition coefficient (Wildman–Crippen LogP) is 4.16. The van der Waals surface area contributed by atoms with E-state index in [0.29, 0.717) is 11.1 Å². The van der Waals surface area contributed by atoms with Crippen molar-refractivity contribution in [2.75, 3.05) is 6.54 Å². The Morgan fingerprint density at radius 2 is 1.95 bits per heavy atom. The van der Waals surface area contributed by atoms with Crippen LogP contribution in [0.5, 0.6) is 0 Å². The highest BCUT2D eigenvalue weighted by atomic mass is 35.5. The second-order valence-corrected chi connectivity index (χ2v) is 6.52. The number of rotatable bonds is 6. The van der Waals surface area contributed by atoms with Crippen molar-refractivity contribution in [1.29, 1.82) is 0 Å². The van der Waals surface area contributed by atoms with Gasteiger partial charge in [-0.25, -0.2) is 0 Å². The second kappa shape index (κ2) is 8.02. The van der Waals surface area contributed by atoms with E-state index in [0.717, 1.165) is 55.7 Å². The van der Waals surface area contributed by atoms with E-state index in [1.807, 2.05) is 12.1 Å². The van der Waals surface area contributed by atoms with Gasteiger partial charge in [-0.05, 0) is 62.8 Å². The Labute approximate surface area is 135 Å². The van der Waals surface area contributed by atoms with Gasteiger partial charge in [0.15, 0.2) is 0 Å². The second-order valence-electron chi connectivity index (χ2n) is 5.68. The lowest BCUT2D eigenvalue weighted by Crippen LogP contribution is -2.35. The molecule has 0 aromatic heterocycles. The van der Waals surface area contributed by atoms with Crippen molar-refractivity contribution in [3.8, 4) is 0 Å². The zero-order chi connectivity index (χ0) is 15.2. The number of carbonyl (C=O) groups is 1. The minimum absolute atomic E-state index is 0.143. The fraction of sp³-hybridized carbons (Fsp3) is 0.562. The van der Waals surface area contributed by atoms with E-state index in [2.05, 4.69) is 5.32 Å². The number of aliphatic carboxylic acids is 1. The third-order valence-corrected chi connectivity index (χ3v) is 4.73. The smallest absolute Gasteiger partial charge is 0.306 e. The molecule has 21 heavy (non-hydrogen) atoms. The summed E-state index contributed by atoms with van der Waals surface area (Å²) in [6.45, 7) is 0.932. The number of aryl methyl sites for hydroxylation is 1. The van der Waals surface area contributed by atoms with Gasteiger partial charge in [0.2, 0.25) is 0 Å². The highest BCUT2D eigenvalue weighted by molar-refractivity contribution is 6.35. The van der Waals surface area contributed by atoms with Gasteiger partial charge in [0.1, 0.15) is 0 Å². The van der Waals surface area contributed by atoms with Crippen molar-refractivity contribution in [2.24, 2.45) is 5.92 Å². The van der Waals surface area contributed by atoms with E-state index in [-0.39, 0.29) is 5.92 Å². The van der Waals surface area contributed by atoms with Crippen molar-refractivity contribution >= 4 is 29.2 Å². The van der Waals surface area contributed by atoms with Crippen LogP contribution in [0, 0.1) is 5.92 Å². The maximum atomic E-state index is 10.9. The quantitative estimate of drug-likeness (QED) is 0.770. The van der Waals surface area contributed by atoms with E-state index in [1.165, 1.54) is 0 Å². The van der Waals surface area contributed by atoms with E-state index in [4.69, 9.17) is 28.3 Å². The highest BCUT2D eigenvalue weighted by Gasteiger charge is 2.25. The summed E-state index contributed by atoms with van der Waals surface area (Å²) in [5.41, 5.74) is 1.12. The van der Waals surface area contributed by atoms with Crippen LogP contribution in [0.15, 0.2) is 18.2 Å². The molecule has 0 bridgehead atoms. The molecular formula is C16H21Cl2NO2. The zero-order valence-electron chi connectivity index (χ0n) is 11.9. The third kappa shape index (κ3) is 5.17. The molecule has 0 radical (unpaired) electrons. The lowest BCUT2D eigenvalue weighted by molar-refractivity contribution is -0.142. The summed E-state index contributed by atoms with van der Waals surface area (Å²) in [6, 6.07) is 6.08. The summed E-state index contributed by atoms with van der Waals surface area (Å²) in [5, 5.41) is 13.9. The van der Waals surface area contributed by atoms with Crippen molar-refractivity contribution in [3.63, 3.8) is 0 Å². The van der Waals surface area contributed by atoms with Crippen molar-refractivity contribution < 1.29 is 9.90 Å². The molecule has 1 aliphatic carbocycles. The van der Waals surface area contributed by atoms with Gasteiger partial charge in [-0.15, -0.1) is 0 Å². The largest absolute Gasteiger partial charge is 0.481 e. The first-order chi connectivity index (χ1) is 10.1. The highest BCUT2D eigenvalue weighted by Crippen LogP contribution is 2.25. The van der Waals surface area contributed by atoms with Crippen molar-refractivity contribution in [2.45, 2.75) is 44.6 Å². The summed E-state index contributed by atoms with van der Waals surface area (Å²) in [6.07, 6.45) is 5.43. The molecule has 1 aromatic carbocycles. The molecule has 5 heteroatoms. The zero-order valence-corrected chi connectivity index (χ0v) is 13.5. The number of nitrogens with one attached hydrogen (secondary N) is 1. The van der Waals surface area contributed by atoms with Crippen LogP contribution in [0.1, 0.15) is 37.7 Å². The van der Waals surface area contributed by atoms with E-state index in [9.17, 15) is 4.79 Å². The van der Waals surface area contributed by atoms with Crippen LogP contribution >= 0.6 is 23.2 Å². The summed E-state index contributed by atoms with van der Waals surface area (Å²) in [5.74, 6) is -0.790. The van der Waals surface area contributed by atoms with Crippen LogP contribution in [0.2, 0.25) is 10.0 Å². The summed E-state index contributed by atoms with van der Waals surface area (Å²) in [7, 11) is 0. The number of benzene rings is 1. The lowest BCUT2D eigenvalue weighted by Gasteiger charge is -2.27. The van der Waals surface area contributed by atoms with Crippen LogP contribution in [-0.4, -0.2) is 23.7 Å². The number of carboxylic acid groups (broad SMARTS) is 1. The van der Waals surface area contributed by atoms with E-state index >= 15 is 0 Å². The first-order valence-electron chi connectivity index (χ1n) is 7.46. The van der Waals surface area contributed by atoms with Crippen LogP contribution < -0.4 is 5.32 Å². The molecule has 2 N–H and O–H groups in total. The molecule has 1 fully saturated rings. The van der Waals surface area contributed by atoms with Crippen LogP contribution in [0.4, 0.5) is 0 Å². The molecule has 0 aliphatic heterocycles. The number of halogens is 2. The Hall–Kier alpha value is -0.770.